The number of carbonyl (C=O) groups is 2. The predicted molar refractivity (Wildman–Crippen MR) is 121 cm³/mol. The largest absolute Gasteiger partial charge is 0.479 e. The molecule has 0 radical (unpaired) electrons. The number of carbonyl (C=O) groups excluding carboxylic acids is 2. The van der Waals surface area contributed by atoms with Crippen molar-refractivity contribution in [1.29, 1.82) is 0 Å². The fourth-order valence-corrected chi connectivity index (χ4v) is 3.74. The van der Waals surface area contributed by atoms with Crippen molar-refractivity contribution in [3.05, 3.63) is 63.4 Å². The van der Waals surface area contributed by atoms with Gasteiger partial charge < -0.3 is 15.4 Å². The van der Waals surface area contributed by atoms with E-state index in [4.69, 9.17) is 27.9 Å². The monoisotopic (exact) mass is 458 g/mol. The Kier molecular flexibility index (Phi) is 5.64. The maximum atomic E-state index is 12.7. The number of aromatic nitrogens is 2. The summed E-state index contributed by atoms with van der Waals surface area (Å²) in [6.45, 7) is 5.44. The van der Waals surface area contributed by atoms with Crippen molar-refractivity contribution in [3.8, 4) is 11.4 Å². The third-order valence-corrected chi connectivity index (χ3v) is 5.86. The summed E-state index contributed by atoms with van der Waals surface area (Å²) in [6.07, 6.45) is -0.401. The number of nitrogens with one attached hydrogen (secondary N) is 2. The van der Waals surface area contributed by atoms with E-state index in [2.05, 4.69) is 15.7 Å². The molecule has 0 spiro atoms. The van der Waals surface area contributed by atoms with E-state index in [1.165, 1.54) is 0 Å². The number of benzene rings is 2. The summed E-state index contributed by atoms with van der Waals surface area (Å²) in [7, 11) is 0. The topological polar surface area (TPSA) is 85.3 Å². The second-order valence-electron chi connectivity index (χ2n) is 7.34. The molecule has 0 saturated heterocycles. The van der Waals surface area contributed by atoms with Crippen molar-refractivity contribution in [2.45, 2.75) is 33.3 Å². The number of rotatable bonds is 4. The molecule has 0 unspecified atom stereocenters. The summed E-state index contributed by atoms with van der Waals surface area (Å²) in [6, 6.07) is 10.4. The van der Waals surface area contributed by atoms with Gasteiger partial charge in [0.15, 0.2) is 6.10 Å². The van der Waals surface area contributed by atoms with Crippen LogP contribution in [0.2, 0.25) is 10.0 Å². The third-order valence-electron chi connectivity index (χ3n) is 5.12. The maximum absolute atomic E-state index is 12.7. The van der Waals surface area contributed by atoms with E-state index in [9.17, 15) is 9.59 Å². The van der Waals surface area contributed by atoms with Gasteiger partial charge in [-0.2, -0.15) is 5.10 Å². The minimum atomic E-state index is -0.550. The Bertz CT molecular complexity index is 1210. The summed E-state index contributed by atoms with van der Waals surface area (Å²) in [5.41, 5.74) is 4.27. The first-order valence-electron chi connectivity index (χ1n) is 9.65. The van der Waals surface area contributed by atoms with E-state index in [0.29, 0.717) is 27.2 Å². The smallest absolute Gasteiger partial charge is 0.265 e. The van der Waals surface area contributed by atoms with Crippen LogP contribution in [-0.4, -0.2) is 27.7 Å². The van der Waals surface area contributed by atoms with Crippen molar-refractivity contribution >= 4 is 46.4 Å². The number of hydrogen-bond acceptors (Lipinski definition) is 4. The molecule has 2 amide bonds. The standard InChI is InChI=1S/C22H20Cl2N4O3/c1-11-16(12(2)28(27-11)15-5-6-17(23)18(24)9-15)10-21(29)25-14-4-7-20-19(8-14)26-22(30)13(3)31-20/h4-9,13H,10H2,1-3H3,(H,25,29)(H,26,30)/t13-/m1/s1. The first-order chi connectivity index (χ1) is 14.7. The lowest BCUT2D eigenvalue weighted by Crippen LogP contribution is -2.34. The van der Waals surface area contributed by atoms with Gasteiger partial charge in [-0.15, -0.1) is 0 Å². The minimum absolute atomic E-state index is 0.149. The second kappa shape index (κ2) is 8.24. The van der Waals surface area contributed by atoms with E-state index in [0.717, 1.165) is 22.6 Å². The zero-order valence-electron chi connectivity index (χ0n) is 17.1. The first-order valence-corrected chi connectivity index (χ1v) is 10.4. The van der Waals surface area contributed by atoms with Gasteiger partial charge in [0.25, 0.3) is 5.91 Å². The van der Waals surface area contributed by atoms with Gasteiger partial charge in [0.1, 0.15) is 5.75 Å². The van der Waals surface area contributed by atoms with Crippen LogP contribution in [-0.2, 0) is 16.0 Å². The van der Waals surface area contributed by atoms with E-state index >= 15 is 0 Å². The summed E-state index contributed by atoms with van der Waals surface area (Å²) in [4.78, 5) is 24.5. The van der Waals surface area contributed by atoms with Gasteiger partial charge in [0.05, 0.1) is 33.5 Å². The Labute approximate surface area is 189 Å². The molecule has 31 heavy (non-hydrogen) atoms. The molecule has 0 saturated carbocycles. The number of hydrogen-bond donors (Lipinski definition) is 2. The number of amides is 2. The summed E-state index contributed by atoms with van der Waals surface area (Å²) in [5.74, 6) is 0.146. The molecule has 0 aliphatic carbocycles. The van der Waals surface area contributed by atoms with Gasteiger partial charge in [-0.25, -0.2) is 4.68 Å². The van der Waals surface area contributed by atoms with Crippen LogP contribution in [0.1, 0.15) is 23.9 Å². The average Bonchev–Trinajstić information content (AvgIpc) is 2.99. The van der Waals surface area contributed by atoms with Gasteiger partial charge >= 0.3 is 0 Å². The molecule has 2 N–H and O–H groups in total. The van der Waals surface area contributed by atoms with Crippen molar-refractivity contribution < 1.29 is 14.3 Å². The van der Waals surface area contributed by atoms with Gasteiger partial charge in [0, 0.05) is 16.9 Å². The van der Waals surface area contributed by atoms with Crippen LogP contribution >= 0.6 is 23.2 Å². The molecule has 1 atom stereocenters. The van der Waals surface area contributed by atoms with Crippen molar-refractivity contribution in [1.82, 2.24) is 9.78 Å². The van der Waals surface area contributed by atoms with Crippen LogP contribution in [0.25, 0.3) is 5.69 Å². The molecule has 2 aromatic carbocycles. The maximum Gasteiger partial charge on any atom is 0.265 e. The fraction of sp³-hybridized carbons (Fsp3) is 0.227. The molecule has 4 rings (SSSR count). The van der Waals surface area contributed by atoms with Crippen LogP contribution in [0.5, 0.6) is 5.75 Å². The van der Waals surface area contributed by atoms with Crippen molar-refractivity contribution in [2.24, 2.45) is 0 Å². The quantitative estimate of drug-likeness (QED) is 0.593. The van der Waals surface area contributed by atoms with Crippen LogP contribution in [0.15, 0.2) is 36.4 Å². The number of aryl methyl sites for hydroxylation is 1. The lowest BCUT2D eigenvalue weighted by molar-refractivity contribution is -0.122. The Hall–Kier alpha value is -3.03. The third kappa shape index (κ3) is 4.24. The molecule has 0 fully saturated rings. The van der Waals surface area contributed by atoms with Crippen LogP contribution < -0.4 is 15.4 Å². The highest BCUT2D eigenvalue weighted by molar-refractivity contribution is 6.42. The lowest BCUT2D eigenvalue weighted by Gasteiger charge is -2.23. The number of anilines is 2. The second-order valence-corrected chi connectivity index (χ2v) is 8.16. The van der Waals surface area contributed by atoms with Crippen LogP contribution in [0.3, 0.4) is 0 Å². The summed E-state index contributed by atoms with van der Waals surface area (Å²) < 4.78 is 7.28. The fourth-order valence-electron chi connectivity index (χ4n) is 3.45. The van der Waals surface area contributed by atoms with Gasteiger partial charge in [-0.3, -0.25) is 9.59 Å². The van der Waals surface area contributed by atoms with E-state index in [-0.39, 0.29) is 18.2 Å². The van der Waals surface area contributed by atoms with Crippen molar-refractivity contribution in [2.75, 3.05) is 10.6 Å². The van der Waals surface area contributed by atoms with Crippen molar-refractivity contribution in [3.63, 3.8) is 0 Å². The molecule has 0 bridgehead atoms. The molecule has 3 aromatic rings. The summed E-state index contributed by atoms with van der Waals surface area (Å²) in [5, 5.41) is 11.1. The van der Waals surface area contributed by atoms with E-state index in [1.807, 2.05) is 19.9 Å². The molecular formula is C22H20Cl2N4O3. The molecule has 160 valence electrons. The molecule has 2 heterocycles. The van der Waals surface area contributed by atoms with Gasteiger partial charge in [-0.1, -0.05) is 23.2 Å². The molecule has 9 heteroatoms. The van der Waals surface area contributed by atoms with Crippen LogP contribution in [0, 0.1) is 13.8 Å². The highest BCUT2D eigenvalue weighted by Gasteiger charge is 2.24. The van der Waals surface area contributed by atoms with E-state index < -0.39 is 6.10 Å². The number of halogens is 2. The zero-order valence-corrected chi connectivity index (χ0v) is 18.6. The number of ether oxygens (including phenoxy) is 1. The van der Waals surface area contributed by atoms with Gasteiger partial charge in [0.2, 0.25) is 5.91 Å². The molecule has 1 aromatic heterocycles. The molecule has 1 aliphatic heterocycles. The van der Waals surface area contributed by atoms with Gasteiger partial charge in [-0.05, 0) is 57.2 Å². The highest BCUT2D eigenvalue weighted by atomic mass is 35.5. The molecular weight excluding hydrogens is 439 g/mol. The zero-order chi connectivity index (χ0) is 22.3. The first kappa shape index (κ1) is 21.2. The highest BCUT2D eigenvalue weighted by Crippen LogP contribution is 2.32. The Morgan fingerprint density at radius 2 is 1.97 bits per heavy atom. The average molecular weight is 459 g/mol. The molecule has 1 aliphatic rings. The number of nitrogens with zero attached hydrogens (tertiary/aromatic N) is 2. The Morgan fingerprint density at radius 1 is 1.19 bits per heavy atom. The SMILES string of the molecule is Cc1nn(-c2ccc(Cl)c(Cl)c2)c(C)c1CC(=O)Nc1ccc2c(c1)NC(=O)[C@@H](C)O2. The Balaban J connectivity index is 1.52. The normalized spacial score (nSPS) is 15.1. The number of fused-ring (bicyclic) bond motifs is 1. The van der Waals surface area contributed by atoms with E-state index in [1.54, 1.807) is 41.9 Å². The molecule has 7 nitrogen and oxygen atoms in total. The minimum Gasteiger partial charge on any atom is -0.479 e. The lowest BCUT2D eigenvalue weighted by atomic mass is 10.1. The summed E-state index contributed by atoms with van der Waals surface area (Å²) >= 11 is 12.1. The Morgan fingerprint density at radius 3 is 2.71 bits per heavy atom. The predicted octanol–water partition coefficient (Wildman–Crippen LogP) is 4.70. The van der Waals surface area contributed by atoms with Crippen LogP contribution in [0.4, 0.5) is 11.4 Å².